The number of nitrogens with one attached hydrogen (secondary N) is 1. The Hall–Kier alpha value is -1.16. The van der Waals surface area contributed by atoms with Crippen molar-refractivity contribution < 1.29 is 4.74 Å². The average molecular weight is 165 g/mol. The van der Waals surface area contributed by atoms with Crippen LogP contribution in [-0.4, -0.2) is 29.2 Å². The molecule has 0 aromatic carbocycles. The average Bonchev–Trinajstić information content (AvgIpc) is 2.00. The molecule has 1 N–H and O–H groups in total. The molecule has 64 valence electrons. The minimum atomic E-state index is 0.280. The van der Waals surface area contributed by atoms with Crippen molar-refractivity contribution in [3.05, 3.63) is 18.1 Å². The molecule has 2 heterocycles. The van der Waals surface area contributed by atoms with Crippen molar-refractivity contribution in [2.75, 3.05) is 13.1 Å². The third kappa shape index (κ3) is 1.53. The lowest BCUT2D eigenvalue weighted by atomic mass is 10.2. The summed E-state index contributed by atoms with van der Waals surface area (Å²) in [5, 5.41) is 3.12. The van der Waals surface area contributed by atoms with Gasteiger partial charge in [0.1, 0.15) is 6.10 Å². The molecule has 0 atom stereocenters. The molecule has 1 aliphatic heterocycles. The first-order chi connectivity index (χ1) is 5.84. The smallest absolute Gasteiger partial charge is 0.232 e. The van der Waals surface area contributed by atoms with E-state index in [0.29, 0.717) is 5.88 Å². The van der Waals surface area contributed by atoms with E-state index in [-0.39, 0.29) is 6.10 Å². The Bertz CT molecular complexity index is 256. The van der Waals surface area contributed by atoms with Crippen LogP contribution in [0.4, 0.5) is 0 Å². The van der Waals surface area contributed by atoms with Gasteiger partial charge in [0.25, 0.3) is 0 Å². The fraction of sp³-hybridized carbons (Fsp3) is 0.500. The summed E-state index contributed by atoms with van der Waals surface area (Å²) in [5.74, 6) is 0.618. The van der Waals surface area contributed by atoms with E-state index in [1.807, 2.05) is 6.92 Å². The van der Waals surface area contributed by atoms with Crippen LogP contribution < -0.4 is 10.1 Å². The summed E-state index contributed by atoms with van der Waals surface area (Å²) >= 11 is 0. The molecular formula is C8H11N3O. The molecular weight excluding hydrogens is 154 g/mol. The number of ether oxygens (including phenoxy) is 1. The molecule has 1 aromatic rings. The van der Waals surface area contributed by atoms with Crippen molar-refractivity contribution in [3.63, 3.8) is 0 Å². The van der Waals surface area contributed by atoms with Gasteiger partial charge in [-0.05, 0) is 6.92 Å². The van der Waals surface area contributed by atoms with Crippen LogP contribution in [-0.2, 0) is 0 Å². The first-order valence-electron chi connectivity index (χ1n) is 4.00. The number of aromatic nitrogens is 2. The molecule has 0 unspecified atom stereocenters. The highest BCUT2D eigenvalue weighted by Crippen LogP contribution is 2.08. The summed E-state index contributed by atoms with van der Waals surface area (Å²) in [6.07, 6.45) is 3.65. The Morgan fingerprint density at radius 2 is 2.25 bits per heavy atom. The Kier molecular flexibility index (Phi) is 1.91. The largest absolute Gasteiger partial charge is 0.471 e. The Balaban J connectivity index is 1.98. The molecule has 4 nitrogen and oxygen atoms in total. The summed E-state index contributed by atoms with van der Waals surface area (Å²) in [5.41, 5.74) is 0.911. The van der Waals surface area contributed by atoms with Crippen molar-refractivity contribution in [2.24, 2.45) is 0 Å². The molecule has 1 fully saturated rings. The first-order valence-corrected chi connectivity index (χ1v) is 4.00. The zero-order valence-corrected chi connectivity index (χ0v) is 6.95. The SMILES string of the molecule is Cc1cnc(OC2CNC2)cn1. The van der Waals surface area contributed by atoms with Gasteiger partial charge in [-0.25, -0.2) is 4.98 Å². The van der Waals surface area contributed by atoms with E-state index in [1.165, 1.54) is 0 Å². The maximum absolute atomic E-state index is 5.47. The monoisotopic (exact) mass is 165 g/mol. The fourth-order valence-electron chi connectivity index (χ4n) is 0.958. The van der Waals surface area contributed by atoms with Gasteiger partial charge in [-0.2, -0.15) is 0 Å². The molecule has 4 heteroatoms. The molecule has 0 saturated carbocycles. The van der Waals surface area contributed by atoms with Gasteiger partial charge >= 0.3 is 0 Å². The number of nitrogens with zero attached hydrogens (tertiary/aromatic N) is 2. The van der Waals surface area contributed by atoms with Crippen LogP contribution in [0.2, 0.25) is 0 Å². The van der Waals surface area contributed by atoms with Gasteiger partial charge in [0, 0.05) is 13.1 Å². The van der Waals surface area contributed by atoms with Gasteiger partial charge < -0.3 is 10.1 Å². The van der Waals surface area contributed by atoms with Crippen molar-refractivity contribution in [3.8, 4) is 5.88 Å². The molecule has 0 radical (unpaired) electrons. The zero-order valence-electron chi connectivity index (χ0n) is 6.95. The van der Waals surface area contributed by atoms with Crippen LogP contribution in [0.1, 0.15) is 5.69 Å². The van der Waals surface area contributed by atoms with Crippen LogP contribution in [0.25, 0.3) is 0 Å². The van der Waals surface area contributed by atoms with Crippen molar-refractivity contribution in [1.82, 2.24) is 15.3 Å². The lowest BCUT2D eigenvalue weighted by Crippen LogP contribution is -2.50. The van der Waals surface area contributed by atoms with E-state index >= 15 is 0 Å². The molecule has 1 aromatic heterocycles. The van der Waals surface area contributed by atoms with Crippen molar-refractivity contribution >= 4 is 0 Å². The highest BCUT2D eigenvalue weighted by molar-refractivity contribution is 5.07. The van der Waals surface area contributed by atoms with Crippen LogP contribution in [0, 0.1) is 6.92 Å². The predicted octanol–water partition coefficient (Wildman–Crippen LogP) is 0.136. The van der Waals surface area contributed by atoms with E-state index in [1.54, 1.807) is 12.4 Å². The lowest BCUT2D eigenvalue weighted by molar-refractivity contribution is 0.135. The number of aryl methyl sites for hydroxylation is 1. The van der Waals surface area contributed by atoms with Gasteiger partial charge in [0.15, 0.2) is 0 Å². The highest BCUT2D eigenvalue weighted by atomic mass is 16.5. The second-order valence-corrected chi connectivity index (χ2v) is 2.89. The van der Waals surface area contributed by atoms with Gasteiger partial charge in [-0.15, -0.1) is 0 Å². The summed E-state index contributed by atoms with van der Waals surface area (Å²) in [6, 6.07) is 0. The van der Waals surface area contributed by atoms with Crippen LogP contribution >= 0.6 is 0 Å². The molecule has 0 amide bonds. The van der Waals surface area contributed by atoms with E-state index in [4.69, 9.17) is 4.74 Å². The van der Waals surface area contributed by atoms with Gasteiger partial charge in [-0.3, -0.25) is 4.98 Å². The molecule has 0 aliphatic carbocycles. The molecule has 1 aliphatic rings. The fourth-order valence-corrected chi connectivity index (χ4v) is 0.958. The Morgan fingerprint density at radius 3 is 2.75 bits per heavy atom. The standard InChI is InChI=1S/C8H11N3O/c1-6-2-11-8(5-10-6)12-7-3-9-4-7/h2,5,7,9H,3-4H2,1H3. The molecule has 1 saturated heterocycles. The second-order valence-electron chi connectivity index (χ2n) is 2.89. The van der Waals surface area contributed by atoms with Gasteiger partial charge in [0.2, 0.25) is 5.88 Å². The minimum absolute atomic E-state index is 0.280. The van der Waals surface area contributed by atoms with Crippen LogP contribution in [0.15, 0.2) is 12.4 Å². The summed E-state index contributed by atoms with van der Waals surface area (Å²) in [7, 11) is 0. The highest BCUT2D eigenvalue weighted by Gasteiger charge is 2.18. The maximum Gasteiger partial charge on any atom is 0.232 e. The summed E-state index contributed by atoms with van der Waals surface area (Å²) in [4.78, 5) is 8.17. The van der Waals surface area contributed by atoms with E-state index in [0.717, 1.165) is 18.8 Å². The zero-order chi connectivity index (χ0) is 8.39. The van der Waals surface area contributed by atoms with E-state index < -0.39 is 0 Å². The Labute approximate surface area is 71.0 Å². The normalized spacial score (nSPS) is 17.1. The number of rotatable bonds is 2. The van der Waals surface area contributed by atoms with Gasteiger partial charge in [0.05, 0.1) is 18.1 Å². The molecule has 12 heavy (non-hydrogen) atoms. The molecule has 0 spiro atoms. The Morgan fingerprint density at radius 1 is 1.42 bits per heavy atom. The van der Waals surface area contributed by atoms with E-state index in [2.05, 4.69) is 15.3 Å². The molecule has 2 rings (SSSR count). The minimum Gasteiger partial charge on any atom is -0.471 e. The topological polar surface area (TPSA) is 47.0 Å². The second kappa shape index (κ2) is 3.06. The number of hydrogen-bond donors (Lipinski definition) is 1. The first kappa shape index (κ1) is 7.49. The molecule has 0 bridgehead atoms. The van der Waals surface area contributed by atoms with Crippen molar-refractivity contribution in [1.29, 1.82) is 0 Å². The van der Waals surface area contributed by atoms with Crippen LogP contribution in [0.3, 0.4) is 0 Å². The third-order valence-corrected chi connectivity index (χ3v) is 1.79. The van der Waals surface area contributed by atoms with E-state index in [9.17, 15) is 0 Å². The van der Waals surface area contributed by atoms with Gasteiger partial charge in [-0.1, -0.05) is 0 Å². The quantitative estimate of drug-likeness (QED) is 0.677. The van der Waals surface area contributed by atoms with Crippen molar-refractivity contribution in [2.45, 2.75) is 13.0 Å². The predicted molar refractivity (Wildman–Crippen MR) is 44.1 cm³/mol. The summed E-state index contributed by atoms with van der Waals surface area (Å²) < 4.78 is 5.47. The maximum atomic E-state index is 5.47. The third-order valence-electron chi connectivity index (χ3n) is 1.79. The summed E-state index contributed by atoms with van der Waals surface area (Å²) in [6.45, 7) is 3.73. The lowest BCUT2D eigenvalue weighted by Gasteiger charge is -2.26. The number of hydrogen-bond acceptors (Lipinski definition) is 4. The van der Waals surface area contributed by atoms with Crippen LogP contribution in [0.5, 0.6) is 5.88 Å².